The van der Waals surface area contributed by atoms with E-state index in [9.17, 15) is 14.7 Å². The van der Waals surface area contributed by atoms with E-state index in [1.165, 1.54) is 0 Å². The Morgan fingerprint density at radius 2 is 2.04 bits per heavy atom. The molecule has 0 saturated carbocycles. The smallest absolute Gasteiger partial charge is 0.326 e. The van der Waals surface area contributed by atoms with E-state index in [1.54, 1.807) is 10.9 Å². The molecule has 0 aliphatic rings. The van der Waals surface area contributed by atoms with Gasteiger partial charge >= 0.3 is 5.97 Å². The summed E-state index contributed by atoms with van der Waals surface area (Å²) in [5.74, 6) is -1.47. The van der Waals surface area contributed by atoms with Crippen LogP contribution in [0.4, 0.5) is 0 Å². The highest BCUT2D eigenvalue weighted by molar-refractivity contribution is 5.85. The number of carboxylic acid groups (broad SMARTS) is 1. The van der Waals surface area contributed by atoms with Crippen LogP contribution in [0.3, 0.4) is 0 Å². The van der Waals surface area contributed by atoms with E-state index in [4.69, 9.17) is 4.74 Å². The van der Waals surface area contributed by atoms with Crippen LogP contribution in [0.25, 0.3) is 10.9 Å². The van der Waals surface area contributed by atoms with Crippen LogP contribution >= 0.6 is 0 Å². The minimum absolute atomic E-state index is 0.0303. The van der Waals surface area contributed by atoms with Crippen molar-refractivity contribution in [2.24, 2.45) is 0 Å². The van der Waals surface area contributed by atoms with Gasteiger partial charge in [0.1, 0.15) is 12.6 Å². The van der Waals surface area contributed by atoms with Gasteiger partial charge in [-0.05, 0) is 26.8 Å². The molecular formula is C17H23N3O4. The summed E-state index contributed by atoms with van der Waals surface area (Å²) in [6.07, 6.45) is 1.88. The van der Waals surface area contributed by atoms with Gasteiger partial charge in [0.2, 0.25) is 5.91 Å². The van der Waals surface area contributed by atoms with E-state index >= 15 is 0 Å². The molecule has 0 aliphatic carbocycles. The number of aromatic nitrogens is 2. The minimum atomic E-state index is -1.08. The maximum atomic E-state index is 12.2. The molecule has 2 rings (SSSR count). The van der Waals surface area contributed by atoms with Crippen LogP contribution in [0.1, 0.15) is 27.2 Å². The molecule has 1 atom stereocenters. The zero-order chi connectivity index (χ0) is 17.7. The number of carboxylic acids is 1. The molecule has 24 heavy (non-hydrogen) atoms. The quantitative estimate of drug-likeness (QED) is 0.806. The first-order valence-electron chi connectivity index (χ1n) is 7.83. The van der Waals surface area contributed by atoms with Crippen molar-refractivity contribution in [3.63, 3.8) is 0 Å². The minimum Gasteiger partial charge on any atom is -0.480 e. The van der Waals surface area contributed by atoms with Crippen molar-refractivity contribution in [3.8, 4) is 0 Å². The summed E-state index contributed by atoms with van der Waals surface area (Å²) in [5, 5.41) is 16.9. The van der Waals surface area contributed by atoms with Crippen LogP contribution in [-0.4, -0.2) is 45.0 Å². The number of rotatable bonds is 7. The van der Waals surface area contributed by atoms with Gasteiger partial charge in [-0.1, -0.05) is 18.2 Å². The Hall–Kier alpha value is -2.41. The van der Waals surface area contributed by atoms with Crippen LogP contribution < -0.4 is 5.32 Å². The summed E-state index contributed by atoms with van der Waals surface area (Å²) in [6.45, 7) is 5.90. The molecule has 1 unspecified atom stereocenters. The van der Waals surface area contributed by atoms with Gasteiger partial charge in [-0.15, -0.1) is 0 Å². The predicted octanol–water partition coefficient (Wildman–Crippen LogP) is 1.81. The van der Waals surface area contributed by atoms with Crippen LogP contribution in [-0.2, 0) is 20.9 Å². The average Bonchev–Trinajstić information content (AvgIpc) is 2.88. The number of hydrogen-bond donors (Lipinski definition) is 2. The van der Waals surface area contributed by atoms with Crippen molar-refractivity contribution < 1.29 is 19.4 Å². The van der Waals surface area contributed by atoms with E-state index in [0.29, 0.717) is 0 Å². The number of nitrogens with zero attached hydrogens (tertiary/aromatic N) is 2. The van der Waals surface area contributed by atoms with Gasteiger partial charge in [-0.3, -0.25) is 9.48 Å². The molecule has 0 spiro atoms. The number of amides is 1. The zero-order valence-corrected chi connectivity index (χ0v) is 14.2. The molecule has 1 amide bonds. The number of ether oxygens (including phenoxy) is 1. The highest BCUT2D eigenvalue weighted by atomic mass is 16.5. The number of aliphatic carboxylic acids is 1. The normalized spacial score (nSPS) is 13.0. The van der Waals surface area contributed by atoms with Gasteiger partial charge in [-0.25, -0.2) is 4.79 Å². The zero-order valence-electron chi connectivity index (χ0n) is 14.2. The Morgan fingerprint density at radius 1 is 1.33 bits per heavy atom. The van der Waals surface area contributed by atoms with Gasteiger partial charge in [0.15, 0.2) is 0 Å². The van der Waals surface area contributed by atoms with Crippen molar-refractivity contribution >= 4 is 22.8 Å². The summed E-state index contributed by atoms with van der Waals surface area (Å²) >= 11 is 0. The van der Waals surface area contributed by atoms with E-state index in [1.807, 2.05) is 45.0 Å². The lowest BCUT2D eigenvalue weighted by atomic mass is 10.1. The van der Waals surface area contributed by atoms with E-state index in [-0.39, 0.29) is 25.2 Å². The Bertz CT molecular complexity index is 718. The number of carbonyl (C=O) groups excluding carboxylic acids is 1. The third-order valence-corrected chi connectivity index (χ3v) is 3.42. The lowest BCUT2D eigenvalue weighted by molar-refractivity contribution is -0.143. The number of carbonyl (C=O) groups is 2. The lowest BCUT2D eigenvalue weighted by Gasteiger charge is -2.21. The molecule has 0 fully saturated rings. The molecule has 130 valence electrons. The maximum Gasteiger partial charge on any atom is 0.326 e. The van der Waals surface area contributed by atoms with Gasteiger partial charge < -0.3 is 15.2 Å². The highest BCUT2D eigenvalue weighted by Crippen LogP contribution is 2.12. The number of fused-ring (bicyclic) bond motifs is 1. The van der Waals surface area contributed by atoms with E-state index in [0.717, 1.165) is 10.9 Å². The maximum absolute atomic E-state index is 12.2. The molecule has 7 heteroatoms. The third kappa shape index (κ3) is 5.06. The number of para-hydroxylation sites is 1. The van der Waals surface area contributed by atoms with Crippen molar-refractivity contribution in [1.82, 2.24) is 15.1 Å². The first-order chi connectivity index (χ1) is 11.3. The summed E-state index contributed by atoms with van der Waals surface area (Å²) in [4.78, 5) is 23.5. The first kappa shape index (κ1) is 17.9. The van der Waals surface area contributed by atoms with Crippen molar-refractivity contribution in [3.05, 3.63) is 30.5 Å². The summed E-state index contributed by atoms with van der Waals surface area (Å²) < 4.78 is 7.07. The van der Waals surface area contributed by atoms with Crippen molar-refractivity contribution in [1.29, 1.82) is 0 Å². The SMILES string of the molecule is CC(C)(C)OCCC(NC(=O)Cn1ncc2ccccc21)C(=O)O. The fraction of sp³-hybridized carbons (Fsp3) is 0.471. The van der Waals surface area contributed by atoms with Crippen LogP contribution in [0.5, 0.6) is 0 Å². The Kier molecular flexibility index (Phi) is 5.56. The van der Waals surface area contributed by atoms with E-state index in [2.05, 4.69) is 10.4 Å². The molecule has 0 aliphatic heterocycles. The average molecular weight is 333 g/mol. The molecule has 1 aromatic carbocycles. The van der Waals surface area contributed by atoms with Crippen LogP contribution in [0.2, 0.25) is 0 Å². The Labute approximate surface area is 140 Å². The lowest BCUT2D eigenvalue weighted by Crippen LogP contribution is -2.43. The summed E-state index contributed by atoms with van der Waals surface area (Å²) in [5.41, 5.74) is 0.483. The fourth-order valence-corrected chi connectivity index (χ4v) is 2.27. The highest BCUT2D eigenvalue weighted by Gasteiger charge is 2.21. The van der Waals surface area contributed by atoms with Gasteiger partial charge in [0.25, 0.3) is 0 Å². The molecular weight excluding hydrogens is 310 g/mol. The molecule has 1 aromatic heterocycles. The predicted molar refractivity (Wildman–Crippen MR) is 89.6 cm³/mol. The third-order valence-electron chi connectivity index (χ3n) is 3.42. The second-order valence-electron chi connectivity index (χ2n) is 6.57. The second kappa shape index (κ2) is 7.44. The van der Waals surface area contributed by atoms with Gasteiger partial charge in [0.05, 0.1) is 17.3 Å². The molecule has 0 radical (unpaired) electrons. The first-order valence-corrected chi connectivity index (χ1v) is 7.83. The van der Waals surface area contributed by atoms with Crippen LogP contribution in [0, 0.1) is 0 Å². The number of benzene rings is 1. The van der Waals surface area contributed by atoms with Gasteiger partial charge in [0, 0.05) is 18.4 Å². The molecule has 2 aromatic rings. The molecule has 0 bridgehead atoms. The van der Waals surface area contributed by atoms with E-state index < -0.39 is 17.9 Å². The largest absolute Gasteiger partial charge is 0.480 e. The second-order valence-corrected chi connectivity index (χ2v) is 6.57. The standard InChI is InChI=1S/C17H23N3O4/c1-17(2,3)24-9-8-13(16(22)23)19-15(21)11-20-14-7-5-4-6-12(14)10-18-20/h4-7,10,13H,8-9,11H2,1-3H3,(H,19,21)(H,22,23). The Morgan fingerprint density at radius 3 is 2.71 bits per heavy atom. The monoisotopic (exact) mass is 333 g/mol. The van der Waals surface area contributed by atoms with Gasteiger partial charge in [-0.2, -0.15) is 5.10 Å². The molecule has 0 saturated heterocycles. The number of nitrogens with one attached hydrogen (secondary N) is 1. The Balaban J connectivity index is 1.94. The number of hydrogen-bond acceptors (Lipinski definition) is 4. The van der Waals surface area contributed by atoms with Crippen molar-refractivity contribution in [2.75, 3.05) is 6.61 Å². The topological polar surface area (TPSA) is 93.5 Å². The van der Waals surface area contributed by atoms with Crippen molar-refractivity contribution in [2.45, 2.75) is 45.4 Å². The molecule has 1 heterocycles. The van der Waals surface area contributed by atoms with Crippen LogP contribution in [0.15, 0.2) is 30.5 Å². The molecule has 2 N–H and O–H groups in total. The molecule has 7 nitrogen and oxygen atoms in total. The fourth-order valence-electron chi connectivity index (χ4n) is 2.27. The summed E-state index contributed by atoms with van der Waals surface area (Å²) in [6, 6.07) is 6.54. The summed E-state index contributed by atoms with van der Waals surface area (Å²) in [7, 11) is 0.